The Morgan fingerprint density at radius 3 is 2.00 bits per heavy atom. The van der Waals surface area contributed by atoms with Crippen LogP contribution in [0, 0.1) is 0 Å². The van der Waals surface area contributed by atoms with Crippen molar-refractivity contribution in [3.63, 3.8) is 0 Å². The molecule has 0 N–H and O–H groups in total. The van der Waals surface area contributed by atoms with Crippen LogP contribution in [0.5, 0.6) is 0 Å². The first kappa shape index (κ1) is 17.0. The Bertz CT molecular complexity index is 1110. The molecule has 0 saturated carbocycles. The number of carbonyl (C=O) groups is 1. The van der Waals surface area contributed by atoms with E-state index in [2.05, 4.69) is 48.5 Å². The van der Waals surface area contributed by atoms with E-state index in [1.165, 1.54) is 10.8 Å². The third-order valence-corrected chi connectivity index (χ3v) is 4.72. The average molecular weight is 352 g/mol. The SMILES string of the molecule is CCOC(=O)c1ccccc1-c1ccccc1-c1cccc2ccccc12. The zero-order valence-electron chi connectivity index (χ0n) is 15.2. The number of esters is 1. The van der Waals surface area contributed by atoms with Gasteiger partial charge >= 0.3 is 5.97 Å². The Morgan fingerprint density at radius 1 is 0.667 bits per heavy atom. The number of rotatable bonds is 4. The molecule has 0 spiro atoms. The second-order valence-electron chi connectivity index (χ2n) is 6.34. The molecule has 0 aliphatic heterocycles. The van der Waals surface area contributed by atoms with Crippen molar-refractivity contribution in [3.8, 4) is 22.3 Å². The van der Waals surface area contributed by atoms with Crippen LogP contribution >= 0.6 is 0 Å². The highest BCUT2D eigenvalue weighted by Gasteiger charge is 2.17. The first-order valence-corrected chi connectivity index (χ1v) is 9.13. The molecule has 4 rings (SSSR count). The monoisotopic (exact) mass is 352 g/mol. The summed E-state index contributed by atoms with van der Waals surface area (Å²) < 4.78 is 5.27. The lowest BCUT2D eigenvalue weighted by Gasteiger charge is -2.15. The van der Waals surface area contributed by atoms with E-state index in [4.69, 9.17) is 4.74 Å². The van der Waals surface area contributed by atoms with E-state index >= 15 is 0 Å². The van der Waals surface area contributed by atoms with Crippen molar-refractivity contribution in [2.75, 3.05) is 6.61 Å². The summed E-state index contributed by atoms with van der Waals surface area (Å²) >= 11 is 0. The van der Waals surface area contributed by atoms with Crippen molar-refractivity contribution in [2.24, 2.45) is 0 Å². The molecule has 0 radical (unpaired) electrons. The van der Waals surface area contributed by atoms with E-state index in [0.29, 0.717) is 12.2 Å². The Balaban J connectivity index is 1.95. The Hall–Kier alpha value is -3.39. The second-order valence-corrected chi connectivity index (χ2v) is 6.34. The zero-order chi connectivity index (χ0) is 18.6. The highest BCUT2D eigenvalue weighted by molar-refractivity contribution is 6.04. The molecule has 4 aromatic carbocycles. The molecule has 0 bridgehead atoms. The van der Waals surface area contributed by atoms with Crippen LogP contribution in [-0.2, 0) is 4.74 Å². The summed E-state index contributed by atoms with van der Waals surface area (Å²) in [5, 5.41) is 2.39. The van der Waals surface area contributed by atoms with Gasteiger partial charge in [-0.1, -0.05) is 84.9 Å². The van der Waals surface area contributed by atoms with Crippen LogP contribution in [0.3, 0.4) is 0 Å². The number of ether oxygens (including phenoxy) is 1. The molecule has 0 unspecified atom stereocenters. The molecule has 0 heterocycles. The van der Waals surface area contributed by atoms with Crippen LogP contribution in [0.15, 0.2) is 91.0 Å². The third kappa shape index (κ3) is 3.22. The van der Waals surface area contributed by atoms with Gasteiger partial charge in [0, 0.05) is 0 Å². The molecule has 27 heavy (non-hydrogen) atoms. The summed E-state index contributed by atoms with van der Waals surface area (Å²) in [5.41, 5.74) is 4.76. The van der Waals surface area contributed by atoms with E-state index in [-0.39, 0.29) is 5.97 Å². The summed E-state index contributed by atoms with van der Waals surface area (Å²) in [6, 6.07) is 30.5. The number of hydrogen-bond donors (Lipinski definition) is 0. The topological polar surface area (TPSA) is 26.3 Å². The van der Waals surface area contributed by atoms with Gasteiger partial charge in [-0.3, -0.25) is 0 Å². The minimum Gasteiger partial charge on any atom is -0.462 e. The van der Waals surface area contributed by atoms with Gasteiger partial charge in [0.05, 0.1) is 12.2 Å². The zero-order valence-corrected chi connectivity index (χ0v) is 15.2. The van der Waals surface area contributed by atoms with Gasteiger partial charge in [0.25, 0.3) is 0 Å². The van der Waals surface area contributed by atoms with Crippen LogP contribution in [0.2, 0.25) is 0 Å². The van der Waals surface area contributed by atoms with E-state index in [9.17, 15) is 4.79 Å². The van der Waals surface area contributed by atoms with Gasteiger partial charge in [-0.25, -0.2) is 4.79 Å². The number of carbonyl (C=O) groups excluding carboxylic acids is 1. The fourth-order valence-corrected chi connectivity index (χ4v) is 3.52. The fraction of sp³-hybridized carbons (Fsp3) is 0.0800. The quantitative estimate of drug-likeness (QED) is 0.400. The molecule has 0 aliphatic rings. The van der Waals surface area contributed by atoms with Gasteiger partial charge in [0.15, 0.2) is 0 Å². The van der Waals surface area contributed by atoms with E-state index in [1.807, 2.05) is 49.4 Å². The summed E-state index contributed by atoms with van der Waals surface area (Å²) in [6.45, 7) is 2.18. The smallest absolute Gasteiger partial charge is 0.338 e. The molecule has 0 aliphatic carbocycles. The summed E-state index contributed by atoms with van der Waals surface area (Å²) in [4.78, 5) is 12.5. The third-order valence-electron chi connectivity index (χ3n) is 4.72. The molecule has 0 aromatic heterocycles. The lowest BCUT2D eigenvalue weighted by atomic mass is 9.89. The molecular formula is C25H20O2. The van der Waals surface area contributed by atoms with Gasteiger partial charge in [0.2, 0.25) is 0 Å². The maximum absolute atomic E-state index is 12.5. The maximum atomic E-state index is 12.5. The standard InChI is InChI=1S/C25H20O2/c1-2-27-25(26)24-16-8-7-15-23(24)22-14-6-5-13-21(22)20-17-9-11-18-10-3-4-12-19(18)20/h3-17H,2H2,1H3. The molecule has 2 heteroatoms. The van der Waals surface area contributed by atoms with E-state index < -0.39 is 0 Å². The highest BCUT2D eigenvalue weighted by atomic mass is 16.5. The predicted octanol–water partition coefficient (Wildman–Crippen LogP) is 6.35. The van der Waals surface area contributed by atoms with Crippen molar-refractivity contribution < 1.29 is 9.53 Å². The minimum absolute atomic E-state index is 0.291. The van der Waals surface area contributed by atoms with E-state index in [0.717, 1.165) is 22.3 Å². The van der Waals surface area contributed by atoms with Crippen LogP contribution in [0.4, 0.5) is 0 Å². The first-order valence-electron chi connectivity index (χ1n) is 9.13. The van der Waals surface area contributed by atoms with Crippen LogP contribution in [0.25, 0.3) is 33.0 Å². The second kappa shape index (κ2) is 7.46. The molecule has 0 amide bonds. The first-order chi connectivity index (χ1) is 13.3. The average Bonchev–Trinajstić information content (AvgIpc) is 2.73. The molecule has 2 nitrogen and oxygen atoms in total. The van der Waals surface area contributed by atoms with Crippen molar-refractivity contribution in [3.05, 3.63) is 96.6 Å². The maximum Gasteiger partial charge on any atom is 0.338 e. The molecule has 4 aromatic rings. The van der Waals surface area contributed by atoms with Crippen molar-refractivity contribution in [1.82, 2.24) is 0 Å². The predicted molar refractivity (Wildman–Crippen MR) is 111 cm³/mol. The lowest BCUT2D eigenvalue weighted by molar-refractivity contribution is 0.0527. The highest BCUT2D eigenvalue weighted by Crippen LogP contribution is 2.37. The molecular weight excluding hydrogens is 332 g/mol. The van der Waals surface area contributed by atoms with Gasteiger partial charge in [-0.05, 0) is 46.0 Å². The molecule has 0 saturated heterocycles. The van der Waals surface area contributed by atoms with Gasteiger partial charge in [-0.15, -0.1) is 0 Å². The number of fused-ring (bicyclic) bond motifs is 1. The summed E-state index contributed by atoms with van der Waals surface area (Å²) in [5.74, 6) is -0.291. The van der Waals surface area contributed by atoms with Crippen LogP contribution in [0.1, 0.15) is 17.3 Å². The van der Waals surface area contributed by atoms with Gasteiger partial charge in [0.1, 0.15) is 0 Å². The largest absolute Gasteiger partial charge is 0.462 e. The van der Waals surface area contributed by atoms with Crippen molar-refractivity contribution in [2.45, 2.75) is 6.92 Å². The Morgan fingerprint density at radius 2 is 1.22 bits per heavy atom. The molecule has 0 fully saturated rings. The summed E-state index contributed by atoms with van der Waals surface area (Å²) in [6.07, 6.45) is 0. The van der Waals surface area contributed by atoms with Crippen molar-refractivity contribution >= 4 is 16.7 Å². The Kier molecular flexibility index (Phi) is 4.71. The van der Waals surface area contributed by atoms with Gasteiger partial charge < -0.3 is 4.74 Å². The Labute approximate surface area is 159 Å². The number of benzene rings is 4. The normalized spacial score (nSPS) is 10.7. The van der Waals surface area contributed by atoms with E-state index in [1.54, 1.807) is 0 Å². The van der Waals surface area contributed by atoms with Gasteiger partial charge in [-0.2, -0.15) is 0 Å². The van der Waals surface area contributed by atoms with Crippen molar-refractivity contribution in [1.29, 1.82) is 0 Å². The number of hydrogen-bond acceptors (Lipinski definition) is 2. The summed E-state index contributed by atoms with van der Waals surface area (Å²) in [7, 11) is 0. The minimum atomic E-state index is -0.291. The van der Waals surface area contributed by atoms with Crippen LogP contribution < -0.4 is 0 Å². The lowest BCUT2D eigenvalue weighted by Crippen LogP contribution is -2.06. The molecule has 0 atom stereocenters. The molecule has 132 valence electrons. The fourth-order valence-electron chi connectivity index (χ4n) is 3.52. The van der Waals surface area contributed by atoms with Crippen LogP contribution in [-0.4, -0.2) is 12.6 Å².